The van der Waals surface area contributed by atoms with Gasteiger partial charge in [0.25, 0.3) is 0 Å². The molecule has 2 aromatic rings. The first kappa shape index (κ1) is 27.6. The van der Waals surface area contributed by atoms with Gasteiger partial charge in [-0.25, -0.2) is 26.3 Å². The summed E-state index contributed by atoms with van der Waals surface area (Å²) in [6.45, 7) is 0. The summed E-state index contributed by atoms with van der Waals surface area (Å²) in [5, 5.41) is 0. The number of rotatable bonds is 2. The number of halogens is 6. The minimum atomic E-state index is -1.15. The highest BCUT2D eigenvalue weighted by Gasteiger charge is 2.27. The second-order valence-electron chi connectivity index (χ2n) is 8.55. The van der Waals surface area contributed by atoms with Crippen LogP contribution in [0, 0.1) is 34.9 Å². The van der Waals surface area contributed by atoms with Crippen molar-refractivity contribution in [3.8, 4) is 0 Å². The van der Waals surface area contributed by atoms with Gasteiger partial charge in [0.15, 0.2) is 23.3 Å². The minimum absolute atomic E-state index is 0.0637. The van der Waals surface area contributed by atoms with Crippen molar-refractivity contribution in [3.05, 3.63) is 70.3 Å². The van der Waals surface area contributed by atoms with Gasteiger partial charge in [-0.15, -0.1) is 0 Å². The van der Waals surface area contributed by atoms with Crippen molar-refractivity contribution < 1.29 is 35.9 Å². The molecule has 2 atom stereocenters. The molecule has 4 rings (SSSR count). The van der Waals surface area contributed by atoms with Crippen LogP contribution in [0.15, 0.2) is 24.3 Å². The second-order valence-corrected chi connectivity index (χ2v) is 8.55. The van der Waals surface area contributed by atoms with Crippen LogP contribution < -0.4 is 5.73 Å². The number of hydrogen-bond donors (Lipinski definition) is 1. The first-order valence-electron chi connectivity index (χ1n) is 11.2. The molecule has 0 heterocycles. The van der Waals surface area contributed by atoms with E-state index in [2.05, 4.69) is 0 Å². The largest absolute Gasteiger partial charge is 0.373 e. The Kier molecular flexibility index (Phi) is 10.8. The van der Waals surface area contributed by atoms with Gasteiger partial charge in [0.1, 0.15) is 11.6 Å². The summed E-state index contributed by atoms with van der Waals surface area (Å²) in [5.74, 6) is -5.64. The third-order valence-corrected chi connectivity index (χ3v) is 6.34. The standard InChI is InChI=1S/C12H14F3N.C12H13F3.CO2/c13-9-6-11(15)10(14)5-8(9)7-3-1-2-4-12(7)16;13-10-7-12(15)11(14)6-9(10)8-4-2-1-3-5-8;2-1-3/h5-7,12H,1-4,16H2;6-8H,1-5H2;/t7-,12+;;/m1../s1. The van der Waals surface area contributed by atoms with Crippen LogP contribution in [0.1, 0.15) is 80.8 Å². The van der Waals surface area contributed by atoms with Crippen LogP contribution in [0.2, 0.25) is 0 Å². The maximum Gasteiger partial charge on any atom is 0.373 e. The molecule has 3 nitrogen and oxygen atoms in total. The molecule has 9 heteroatoms. The van der Waals surface area contributed by atoms with Gasteiger partial charge in [0.05, 0.1) is 0 Å². The van der Waals surface area contributed by atoms with Crippen LogP contribution in [0.25, 0.3) is 0 Å². The molecule has 0 spiro atoms. The number of benzene rings is 2. The third-order valence-electron chi connectivity index (χ3n) is 6.34. The molecule has 0 radical (unpaired) electrons. The molecule has 2 aromatic carbocycles. The molecule has 2 aliphatic rings. The van der Waals surface area contributed by atoms with Gasteiger partial charge in [0, 0.05) is 24.1 Å². The Morgan fingerprint density at radius 2 is 1.00 bits per heavy atom. The van der Waals surface area contributed by atoms with E-state index in [9.17, 15) is 26.3 Å². The lowest BCUT2D eigenvalue weighted by Crippen LogP contribution is -2.32. The lowest BCUT2D eigenvalue weighted by molar-refractivity contribution is -0.191. The highest BCUT2D eigenvalue weighted by atomic mass is 19.2. The Morgan fingerprint density at radius 3 is 1.53 bits per heavy atom. The van der Waals surface area contributed by atoms with Crippen molar-refractivity contribution in [3.63, 3.8) is 0 Å². The van der Waals surface area contributed by atoms with E-state index >= 15 is 0 Å². The zero-order valence-electron chi connectivity index (χ0n) is 18.6. The van der Waals surface area contributed by atoms with Gasteiger partial charge < -0.3 is 5.73 Å². The molecule has 2 saturated carbocycles. The number of hydrogen-bond acceptors (Lipinski definition) is 3. The van der Waals surface area contributed by atoms with Gasteiger partial charge in [-0.1, -0.05) is 32.1 Å². The van der Waals surface area contributed by atoms with Crippen LogP contribution in [0.3, 0.4) is 0 Å². The predicted octanol–water partition coefficient (Wildman–Crippen LogP) is 6.66. The second kappa shape index (κ2) is 13.3. The summed E-state index contributed by atoms with van der Waals surface area (Å²) in [6, 6.07) is 3.06. The maximum absolute atomic E-state index is 13.5. The fraction of sp³-hybridized carbons (Fsp3) is 0.480. The maximum atomic E-state index is 13.5. The summed E-state index contributed by atoms with van der Waals surface area (Å²) in [4.78, 5) is 16.2. The van der Waals surface area contributed by atoms with Gasteiger partial charge in [0.2, 0.25) is 0 Å². The molecule has 2 fully saturated rings. The van der Waals surface area contributed by atoms with E-state index in [0.29, 0.717) is 17.7 Å². The molecule has 34 heavy (non-hydrogen) atoms. The van der Waals surface area contributed by atoms with E-state index < -0.39 is 34.9 Å². The molecule has 0 saturated heterocycles. The first-order chi connectivity index (χ1) is 16.2. The molecule has 186 valence electrons. The van der Waals surface area contributed by atoms with Crippen molar-refractivity contribution in [2.45, 2.75) is 75.7 Å². The quantitative estimate of drug-likeness (QED) is 0.381. The molecular weight excluding hydrogens is 460 g/mol. The van der Waals surface area contributed by atoms with Crippen LogP contribution in [-0.2, 0) is 9.59 Å². The Balaban J connectivity index is 0.000000216. The molecule has 0 amide bonds. The zero-order valence-corrected chi connectivity index (χ0v) is 18.6. The van der Waals surface area contributed by atoms with E-state index in [0.717, 1.165) is 69.9 Å². The Hall–Kier alpha value is -2.64. The van der Waals surface area contributed by atoms with E-state index in [1.807, 2.05) is 0 Å². The summed E-state index contributed by atoms with van der Waals surface area (Å²) >= 11 is 0. The van der Waals surface area contributed by atoms with Crippen LogP contribution in [0.4, 0.5) is 26.3 Å². The molecule has 0 aliphatic heterocycles. The molecule has 0 aromatic heterocycles. The highest BCUT2D eigenvalue weighted by Crippen LogP contribution is 2.35. The van der Waals surface area contributed by atoms with Crippen LogP contribution >= 0.6 is 0 Å². The minimum Gasteiger partial charge on any atom is -0.327 e. The predicted molar refractivity (Wildman–Crippen MR) is 113 cm³/mol. The van der Waals surface area contributed by atoms with Crippen molar-refractivity contribution in [2.24, 2.45) is 5.73 Å². The normalized spacial score (nSPS) is 20.3. The number of carbonyl (C=O) groups excluding carboxylic acids is 2. The number of nitrogens with two attached hydrogens (primary N) is 1. The van der Waals surface area contributed by atoms with E-state index in [-0.39, 0.29) is 29.6 Å². The fourth-order valence-electron chi connectivity index (χ4n) is 4.63. The smallest absolute Gasteiger partial charge is 0.327 e. The molecule has 2 aliphatic carbocycles. The van der Waals surface area contributed by atoms with Gasteiger partial charge in [-0.2, -0.15) is 9.59 Å². The van der Waals surface area contributed by atoms with Crippen LogP contribution in [-0.4, -0.2) is 12.2 Å². The van der Waals surface area contributed by atoms with Crippen molar-refractivity contribution in [1.82, 2.24) is 0 Å². The summed E-state index contributed by atoms with van der Waals surface area (Å²) in [5.41, 5.74) is 6.44. The fourth-order valence-corrected chi connectivity index (χ4v) is 4.63. The summed E-state index contributed by atoms with van der Waals surface area (Å²) in [7, 11) is 0. The van der Waals surface area contributed by atoms with E-state index in [4.69, 9.17) is 15.3 Å². The van der Waals surface area contributed by atoms with Gasteiger partial charge in [-0.05, 0) is 54.9 Å². The van der Waals surface area contributed by atoms with Gasteiger partial charge >= 0.3 is 6.15 Å². The van der Waals surface area contributed by atoms with Gasteiger partial charge in [-0.3, -0.25) is 0 Å². The van der Waals surface area contributed by atoms with E-state index in [1.54, 1.807) is 0 Å². The van der Waals surface area contributed by atoms with Crippen molar-refractivity contribution >= 4 is 6.15 Å². The lowest BCUT2D eigenvalue weighted by Gasteiger charge is -2.29. The molecule has 0 bridgehead atoms. The van der Waals surface area contributed by atoms with Crippen molar-refractivity contribution in [1.29, 1.82) is 0 Å². The molecule has 2 N–H and O–H groups in total. The van der Waals surface area contributed by atoms with E-state index in [1.165, 1.54) is 0 Å². The van der Waals surface area contributed by atoms with Crippen molar-refractivity contribution in [2.75, 3.05) is 0 Å². The summed E-state index contributed by atoms with van der Waals surface area (Å²) < 4.78 is 78.5. The topological polar surface area (TPSA) is 60.2 Å². The Morgan fingerprint density at radius 1 is 0.588 bits per heavy atom. The SMILES string of the molecule is Fc1cc(F)c(C2CCCCC2)cc1F.N[C@H]1CCCC[C@@H]1c1cc(F)c(F)cc1F.O=C=O. The average Bonchev–Trinajstić information content (AvgIpc) is 2.81. The zero-order chi connectivity index (χ0) is 25.3. The highest BCUT2D eigenvalue weighted by molar-refractivity contribution is 5.26. The average molecular weight is 487 g/mol. The van der Waals surface area contributed by atoms with Crippen LogP contribution in [0.5, 0.6) is 0 Å². The first-order valence-corrected chi connectivity index (χ1v) is 11.2. The molecular formula is C25H27F6NO2. The monoisotopic (exact) mass is 487 g/mol. The lowest BCUT2D eigenvalue weighted by atomic mass is 9.80. The third kappa shape index (κ3) is 7.43. The molecule has 0 unspecified atom stereocenters. The Bertz CT molecular complexity index is 988. The summed E-state index contributed by atoms with van der Waals surface area (Å²) in [6.07, 6.45) is 8.77. The Labute approximate surface area is 194 Å².